The summed E-state index contributed by atoms with van der Waals surface area (Å²) in [4.78, 5) is 0. The van der Waals surface area contributed by atoms with Crippen LogP contribution >= 0.6 is 0 Å². The number of allylic oxidation sites excluding steroid dienone is 1. The first-order valence-corrected chi connectivity index (χ1v) is 3.17. The standard InChI is InChI=1S/C7H12N2/c1-6-2-3-7(8)4-5-9-6/h3-6,9H,2,8H2,1H3. The van der Waals surface area contributed by atoms with Crippen LogP contribution in [0.1, 0.15) is 13.3 Å². The van der Waals surface area contributed by atoms with E-state index in [1.807, 2.05) is 18.4 Å². The second kappa shape index (κ2) is 2.58. The van der Waals surface area contributed by atoms with Gasteiger partial charge in [-0.25, -0.2) is 0 Å². The zero-order chi connectivity index (χ0) is 6.69. The molecule has 2 nitrogen and oxygen atoms in total. The lowest BCUT2D eigenvalue weighted by Crippen LogP contribution is -2.17. The van der Waals surface area contributed by atoms with Crippen LogP contribution < -0.4 is 11.1 Å². The number of hydrogen-bond acceptors (Lipinski definition) is 2. The second-order valence-corrected chi connectivity index (χ2v) is 2.34. The molecule has 1 aliphatic heterocycles. The molecule has 0 saturated carbocycles. The van der Waals surface area contributed by atoms with Gasteiger partial charge in [0.05, 0.1) is 0 Å². The summed E-state index contributed by atoms with van der Waals surface area (Å²) in [7, 11) is 0. The topological polar surface area (TPSA) is 38.0 Å². The molecule has 0 bridgehead atoms. The Morgan fingerprint density at radius 2 is 2.56 bits per heavy atom. The summed E-state index contributed by atoms with van der Waals surface area (Å²) >= 11 is 0. The van der Waals surface area contributed by atoms with Crippen LogP contribution in [-0.4, -0.2) is 6.04 Å². The van der Waals surface area contributed by atoms with E-state index in [1.54, 1.807) is 0 Å². The fraction of sp³-hybridized carbons (Fsp3) is 0.429. The summed E-state index contributed by atoms with van der Waals surface area (Å²) in [6, 6.07) is 0.516. The van der Waals surface area contributed by atoms with Gasteiger partial charge in [0, 0.05) is 11.7 Å². The Morgan fingerprint density at radius 1 is 1.78 bits per heavy atom. The van der Waals surface area contributed by atoms with Gasteiger partial charge in [0.2, 0.25) is 0 Å². The predicted molar refractivity (Wildman–Crippen MR) is 38.6 cm³/mol. The SMILES string of the molecule is CC1CC=C(N)C=CN1. The van der Waals surface area contributed by atoms with Gasteiger partial charge in [-0.1, -0.05) is 6.08 Å². The van der Waals surface area contributed by atoms with Crippen molar-refractivity contribution in [2.24, 2.45) is 5.73 Å². The van der Waals surface area contributed by atoms with Gasteiger partial charge in [-0.05, 0) is 25.6 Å². The molecule has 1 unspecified atom stereocenters. The molecule has 50 valence electrons. The van der Waals surface area contributed by atoms with Gasteiger partial charge in [0.1, 0.15) is 0 Å². The summed E-state index contributed by atoms with van der Waals surface area (Å²) in [5, 5.41) is 3.16. The van der Waals surface area contributed by atoms with E-state index in [1.165, 1.54) is 0 Å². The lowest BCUT2D eigenvalue weighted by Gasteiger charge is -2.04. The third-order valence-corrected chi connectivity index (χ3v) is 1.36. The van der Waals surface area contributed by atoms with Crippen LogP contribution in [0.3, 0.4) is 0 Å². The Balaban J connectivity index is 2.58. The largest absolute Gasteiger partial charge is 0.399 e. The van der Waals surface area contributed by atoms with Crippen molar-refractivity contribution in [1.82, 2.24) is 5.32 Å². The van der Waals surface area contributed by atoms with Gasteiger partial charge in [0.25, 0.3) is 0 Å². The minimum atomic E-state index is 0.516. The molecule has 2 heteroatoms. The minimum absolute atomic E-state index is 0.516. The maximum atomic E-state index is 5.53. The molecule has 0 fully saturated rings. The minimum Gasteiger partial charge on any atom is -0.399 e. The lowest BCUT2D eigenvalue weighted by atomic mass is 10.2. The number of nitrogens with two attached hydrogens (primary N) is 1. The molecular formula is C7H12N2. The molecule has 0 aromatic heterocycles. The highest BCUT2D eigenvalue weighted by atomic mass is 14.9. The summed E-state index contributed by atoms with van der Waals surface area (Å²) in [6.45, 7) is 2.12. The van der Waals surface area contributed by atoms with Gasteiger partial charge in [-0.3, -0.25) is 0 Å². The quantitative estimate of drug-likeness (QED) is 0.499. The van der Waals surface area contributed by atoms with E-state index in [4.69, 9.17) is 5.73 Å². The van der Waals surface area contributed by atoms with Crippen LogP contribution in [0, 0.1) is 0 Å². The molecule has 0 amide bonds. The van der Waals surface area contributed by atoms with E-state index in [9.17, 15) is 0 Å². The van der Waals surface area contributed by atoms with Crippen LogP contribution in [0.25, 0.3) is 0 Å². The van der Waals surface area contributed by atoms with Crippen LogP contribution in [0.5, 0.6) is 0 Å². The third-order valence-electron chi connectivity index (χ3n) is 1.36. The van der Waals surface area contributed by atoms with E-state index in [-0.39, 0.29) is 0 Å². The number of nitrogens with one attached hydrogen (secondary N) is 1. The molecular weight excluding hydrogens is 112 g/mol. The fourth-order valence-electron chi connectivity index (χ4n) is 0.758. The maximum Gasteiger partial charge on any atom is 0.0288 e. The summed E-state index contributed by atoms with van der Waals surface area (Å²) < 4.78 is 0. The lowest BCUT2D eigenvalue weighted by molar-refractivity contribution is 0.652. The zero-order valence-electron chi connectivity index (χ0n) is 5.59. The highest BCUT2D eigenvalue weighted by Crippen LogP contribution is 1.99. The Bertz CT molecular complexity index is 147. The molecule has 0 spiro atoms. The molecule has 9 heavy (non-hydrogen) atoms. The van der Waals surface area contributed by atoms with Crippen molar-refractivity contribution >= 4 is 0 Å². The van der Waals surface area contributed by atoms with E-state index < -0.39 is 0 Å². The maximum absolute atomic E-state index is 5.53. The molecule has 1 atom stereocenters. The molecule has 0 radical (unpaired) electrons. The second-order valence-electron chi connectivity index (χ2n) is 2.34. The van der Waals surface area contributed by atoms with Crippen LogP contribution in [0.4, 0.5) is 0 Å². The van der Waals surface area contributed by atoms with Crippen LogP contribution in [0.2, 0.25) is 0 Å². The summed E-state index contributed by atoms with van der Waals surface area (Å²) in [5.41, 5.74) is 6.38. The summed E-state index contributed by atoms with van der Waals surface area (Å²) in [5.74, 6) is 0. The first-order valence-electron chi connectivity index (χ1n) is 3.17. The van der Waals surface area contributed by atoms with Crippen LogP contribution in [0.15, 0.2) is 24.0 Å². The molecule has 0 aromatic rings. The Kier molecular flexibility index (Phi) is 1.78. The first-order chi connectivity index (χ1) is 4.29. The van der Waals surface area contributed by atoms with Crippen molar-refractivity contribution in [2.75, 3.05) is 0 Å². The first kappa shape index (κ1) is 6.20. The van der Waals surface area contributed by atoms with Crippen molar-refractivity contribution in [3.05, 3.63) is 24.0 Å². The van der Waals surface area contributed by atoms with Gasteiger partial charge in [-0.2, -0.15) is 0 Å². The molecule has 1 rings (SSSR count). The van der Waals surface area contributed by atoms with E-state index in [0.29, 0.717) is 6.04 Å². The Morgan fingerprint density at radius 3 is 3.33 bits per heavy atom. The van der Waals surface area contributed by atoms with Gasteiger partial charge in [-0.15, -0.1) is 0 Å². The highest BCUT2D eigenvalue weighted by Gasteiger charge is 1.97. The molecule has 1 heterocycles. The van der Waals surface area contributed by atoms with E-state index >= 15 is 0 Å². The van der Waals surface area contributed by atoms with Gasteiger partial charge < -0.3 is 11.1 Å². The predicted octanol–water partition coefficient (Wildman–Crippen LogP) is 0.725. The highest BCUT2D eigenvalue weighted by molar-refractivity contribution is 5.16. The average Bonchev–Trinajstić information content (AvgIpc) is 1.97. The van der Waals surface area contributed by atoms with Crippen molar-refractivity contribution in [2.45, 2.75) is 19.4 Å². The Labute approximate surface area is 55.4 Å². The molecule has 3 N–H and O–H groups in total. The van der Waals surface area contributed by atoms with E-state index in [0.717, 1.165) is 12.1 Å². The average molecular weight is 124 g/mol. The smallest absolute Gasteiger partial charge is 0.0288 e. The van der Waals surface area contributed by atoms with Gasteiger partial charge >= 0.3 is 0 Å². The van der Waals surface area contributed by atoms with Crippen LogP contribution in [-0.2, 0) is 0 Å². The van der Waals surface area contributed by atoms with E-state index in [2.05, 4.69) is 12.2 Å². The monoisotopic (exact) mass is 124 g/mol. The van der Waals surface area contributed by atoms with Crippen molar-refractivity contribution in [1.29, 1.82) is 0 Å². The van der Waals surface area contributed by atoms with Crippen molar-refractivity contribution < 1.29 is 0 Å². The Hall–Kier alpha value is -0.920. The molecule has 0 aromatic carbocycles. The fourth-order valence-corrected chi connectivity index (χ4v) is 0.758. The molecule has 1 aliphatic rings. The zero-order valence-corrected chi connectivity index (χ0v) is 5.59. The normalized spacial score (nSPS) is 26.3. The molecule has 0 aliphatic carbocycles. The van der Waals surface area contributed by atoms with Gasteiger partial charge in [0.15, 0.2) is 0 Å². The molecule has 0 saturated heterocycles. The van der Waals surface area contributed by atoms with Crippen molar-refractivity contribution in [3.8, 4) is 0 Å². The van der Waals surface area contributed by atoms with Crippen molar-refractivity contribution in [3.63, 3.8) is 0 Å². The third kappa shape index (κ3) is 1.80. The summed E-state index contributed by atoms with van der Waals surface area (Å²) in [6.07, 6.45) is 6.81. The number of rotatable bonds is 0. The number of hydrogen-bond donors (Lipinski definition) is 2.